The molecule has 1 heteroatoms. The van der Waals surface area contributed by atoms with Crippen molar-refractivity contribution in [2.75, 3.05) is 20.1 Å². The molecule has 1 aromatic rings. The molecule has 0 radical (unpaired) electrons. The Morgan fingerprint density at radius 2 is 2.05 bits per heavy atom. The molecule has 1 saturated heterocycles. The molecular formula is C18H29N. The Kier molecular flexibility index (Phi) is 4.67. The number of rotatable bonds is 3. The lowest BCUT2D eigenvalue weighted by Gasteiger charge is -2.35. The van der Waals surface area contributed by atoms with E-state index in [4.69, 9.17) is 0 Å². The molecule has 0 saturated carbocycles. The molecule has 2 rings (SSSR count). The number of benzene rings is 1. The molecule has 0 aromatic heterocycles. The lowest BCUT2D eigenvalue weighted by molar-refractivity contribution is 0.256. The average molecular weight is 259 g/mol. The summed E-state index contributed by atoms with van der Waals surface area (Å²) in [5, 5.41) is 0. The van der Waals surface area contributed by atoms with Crippen molar-refractivity contribution in [2.45, 2.75) is 57.8 Å². The molecule has 1 unspecified atom stereocenters. The van der Waals surface area contributed by atoms with E-state index in [0.717, 1.165) is 0 Å². The summed E-state index contributed by atoms with van der Waals surface area (Å²) in [5.74, 6) is 0.623. The van der Waals surface area contributed by atoms with Gasteiger partial charge in [-0.1, -0.05) is 51.5 Å². The second-order valence-corrected chi connectivity index (χ2v) is 6.61. The first-order valence-electron chi connectivity index (χ1n) is 7.86. The van der Waals surface area contributed by atoms with E-state index in [1.165, 1.54) is 44.3 Å². The summed E-state index contributed by atoms with van der Waals surface area (Å²) in [6.07, 6.45) is 5.31. The van der Waals surface area contributed by atoms with Crippen LogP contribution in [0.1, 0.15) is 63.5 Å². The van der Waals surface area contributed by atoms with E-state index in [1.807, 2.05) is 0 Å². The van der Waals surface area contributed by atoms with Crippen LogP contribution in [-0.4, -0.2) is 25.0 Å². The molecule has 1 aromatic carbocycles. The molecule has 19 heavy (non-hydrogen) atoms. The maximum atomic E-state index is 2.53. The van der Waals surface area contributed by atoms with Crippen molar-refractivity contribution < 1.29 is 0 Å². The van der Waals surface area contributed by atoms with Crippen LogP contribution < -0.4 is 0 Å². The smallest absolute Gasteiger partial charge is 0.00776 e. The number of likely N-dealkylation sites (N-methyl/N-ethyl adjacent to an activating group) is 1. The summed E-state index contributed by atoms with van der Waals surface area (Å²) >= 11 is 0. The highest BCUT2D eigenvalue weighted by atomic mass is 15.1. The van der Waals surface area contributed by atoms with Crippen molar-refractivity contribution >= 4 is 0 Å². The summed E-state index contributed by atoms with van der Waals surface area (Å²) in [5.41, 5.74) is 3.42. The summed E-state index contributed by atoms with van der Waals surface area (Å²) in [7, 11) is 2.28. The van der Waals surface area contributed by atoms with Crippen molar-refractivity contribution in [3.63, 3.8) is 0 Å². The number of nitrogens with zero attached hydrogens (tertiary/aromatic N) is 1. The van der Waals surface area contributed by atoms with E-state index in [2.05, 4.69) is 57.0 Å². The average Bonchev–Trinajstić information content (AvgIpc) is 2.61. The molecule has 0 spiro atoms. The molecule has 0 bridgehead atoms. The normalized spacial score (nSPS) is 25.5. The molecule has 106 valence electrons. The van der Waals surface area contributed by atoms with Gasteiger partial charge < -0.3 is 4.90 Å². The van der Waals surface area contributed by atoms with Crippen LogP contribution in [0.2, 0.25) is 0 Å². The van der Waals surface area contributed by atoms with Gasteiger partial charge in [-0.05, 0) is 49.9 Å². The lowest BCUT2D eigenvalue weighted by atomic mass is 9.74. The van der Waals surface area contributed by atoms with Crippen molar-refractivity contribution in [2.24, 2.45) is 0 Å². The summed E-state index contributed by atoms with van der Waals surface area (Å²) < 4.78 is 0. The third-order valence-electron chi connectivity index (χ3n) is 4.86. The zero-order chi connectivity index (χ0) is 13.9. The predicted octanol–water partition coefficient (Wildman–Crippen LogP) is 4.57. The van der Waals surface area contributed by atoms with Gasteiger partial charge in [0.15, 0.2) is 0 Å². The van der Waals surface area contributed by atoms with Crippen LogP contribution in [0.4, 0.5) is 0 Å². The minimum absolute atomic E-state index is 0.371. The van der Waals surface area contributed by atoms with Crippen LogP contribution in [-0.2, 0) is 5.41 Å². The van der Waals surface area contributed by atoms with E-state index < -0.39 is 0 Å². The van der Waals surface area contributed by atoms with Gasteiger partial charge in [-0.3, -0.25) is 0 Å². The minimum Gasteiger partial charge on any atom is -0.305 e. The predicted molar refractivity (Wildman–Crippen MR) is 83.8 cm³/mol. The van der Waals surface area contributed by atoms with Gasteiger partial charge in [-0.2, -0.15) is 0 Å². The van der Waals surface area contributed by atoms with Gasteiger partial charge in [0.05, 0.1) is 0 Å². The molecule has 1 heterocycles. The summed E-state index contributed by atoms with van der Waals surface area (Å²) in [6.45, 7) is 9.41. The molecule has 1 atom stereocenters. The molecular weight excluding hydrogens is 230 g/mol. The van der Waals surface area contributed by atoms with E-state index in [9.17, 15) is 0 Å². The third-order valence-corrected chi connectivity index (χ3v) is 4.86. The Balaban J connectivity index is 2.36. The fraction of sp³-hybridized carbons (Fsp3) is 0.667. The van der Waals surface area contributed by atoms with Crippen LogP contribution in [0.5, 0.6) is 0 Å². The third kappa shape index (κ3) is 3.20. The number of likely N-dealkylation sites (tertiary alicyclic amines) is 1. The van der Waals surface area contributed by atoms with Gasteiger partial charge in [-0.25, -0.2) is 0 Å². The van der Waals surface area contributed by atoms with Gasteiger partial charge in [0, 0.05) is 12.0 Å². The Bertz CT molecular complexity index is 410. The zero-order valence-corrected chi connectivity index (χ0v) is 13.1. The highest BCUT2D eigenvalue weighted by Gasteiger charge is 2.33. The van der Waals surface area contributed by atoms with Gasteiger partial charge in [0.25, 0.3) is 0 Å². The topological polar surface area (TPSA) is 3.24 Å². The second-order valence-electron chi connectivity index (χ2n) is 6.61. The van der Waals surface area contributed by atoms with E-state index in [1.54, 1.807) is 5.56 Å². The van der Waals surface area contributed by atoms with E-state index in [-0.39, 0.29) is 0 Å². The molecule has 1 aliphatic heterocycles. The molecule has 1 nitrogen and oxygen atoms in total. The van der Waals surface area contributed by atoms with E-state index in [0.29, 0.717) is 11.3 Å². The first-order chi connectivity index (χ1) is 9.07. The minimum atomic E-state index is 0.371. The molecule has 1 fully saturated rings. The van der Waals surface area contributed by atoms with Gasteiger partial charge >= 0.3 is 0 Å². The van der Waals surface area contributed by atoms with Crippen LogP contribution in [0.3, 0.4) is 0 Å². The first kappa shape index (κ1) is 14.6. The van der Waals surface area contributed by atoms with Crippen molar-refractivity contribution in [3.8, 4) is 0 Å². The monoisotopic (exact) mass is 259 g/mol. The standard InChI is InChI=1S/C18H29N/c1-5-18(11-6-7-12-19(4)14-18)17-10-8-9-16(13-17)15(2)3/h8-10,13,15H,5-7,11-12,14H2,1-4H3. The maximum Gasteiger partial charge on any atom is 0.00776 e. The maximum absolute atomic E-state index is 2.53. The van der Waals surface area contributed by atoms with Crippen molar-refractivity contribution in [3.05, 3.63) is 35.4 Å². The summed E-state index contributed by atoms with van der Waals surface area (Å²) in [6, 6.07) is 9.35. The first-order valence-corrected chi connectivity index (χ1v) is 7.86. The fourth-order valence-corrected chi connectivity index (χ4v) is 3.48. The zero-order valence-electron chi connectivity index (χ0n) is 13.1. The highest BCUT2D eigenvalue weighted by molar-refractivity contribution is 5.32. The lowest BCUT2D eigenvalue weighted by Crippen LogP contribution is -2.37. The number of hydrogen-bond donors (Lipinski definition) is 0. The Hall–Kier alpha value is -0.820. The quantitative estimate of drug-likeness (QED) is 0.768. The highest BCUT2D eigenvalue weighted by Crippen LogP contribution is 2.37. The SMILES string of the molecule is CCC1(c2cccc(C(C)C)c2)CCCCN(C)C1. The van der Waals surface area contributed by atoms with Gasteiger partial charge in [0.2, 0.25) is 0 Å². The van der Waals surface area contributed by atoms with Crippen LogP contribution in [0, 0.1) is 0 Å². The largest absolute Gasteiger partial charge is 0.305 e. The molecule has 1 aliphatic rings. The van der Waals surface area contributed by atoms with Crippen molar-refractivity contribution in [1.29, 1.82) is 0 Å². The molecule has 0 N–H and O–H groups in total. The Labute approximate surface area is 119 Å². The van der Waals surface area contributed by atoms with Crippen molar-refractivity contribution in [1.82, 2.24) is 4.90 Å². The second kappa shape index (κ2) is 6.09. The van der Waals surface area contributed by atoms with Crippen LogP contribution in [0.25, 0.3) is 0 Å². The molecule has 0 aliphatic carbocycles. The number of hydrogen-bond acceptors (Lipinski definition) is 1. The fourth-order valence-electron chi connectivity index (χ4n) is 3.48. The van der Waals surface area contributed by atoms with Gasteiger partial charge in [-0.15, -0.1) is 0 Å². The Morgan fingerprint density at radius 1 is 1.26 bits per heavy atom. The van der Waals surface area contributed by atoms with Crippen LogP contribution >= 0.6 is 0 Å². The Morgan fingerprint density at radius 3 is 2.74 bits per heavy atom. The molecule has 0 amide bonds. The van der Waals surface area contributed by atoms with Gasteiger partial charge in [0.1, 0.15) is 0 Å². The summed E-state index contributed by atoms with van der Waals surface area (Å²) in [4.78, 5) is 2.53. The van der Waals surface area contributed by atoms with Crippen LogP contribution in [0.15, 0.2) is 24.3 Å². The van der Waals surface area contributed by atoms with E-state index >= 15 is 0 Å².